The molecule has 0 aliphatic rings. The lowest BCUT2D eigenvalue weighted by Gasteiger charge is -2.39. The Bertz CT molecular complexity index is 490. The quantitative estimate of drug-likeness (QED) is 0.267. The van der Waals surface area contributed by atoms with Crippen molar-refractivity contribution in [3.63, 3.8) is 0 Å². The third-order valence-corrected chi connectivity index (χ3v) is 5.29. The van der Waals surface area contributed by atoms with Crippen LogP contribution >= 0.6 is 0 Å². The molecule has 0 aliphatic carbocycles. The minimum atomic E-state index is -4.95. The van der Waals surface area contributed by atoms with Crippen LogP contribution in [0, 0.1) is 0 Å². The second-order valence-corrected chi connectivity index (χ2v) is 7.86. The lowest BCUT2D eigenvalue weighted by atomic mass is 9.81. The van der Waals surface area contributed by atoms with Crippen LogP contribution in [0.25, 0.3) is 0 Å². The Balaban J connectivity index is 0.000000571. The van der Waals surface area contributed by atoms with Crippen molar-refractivity contribution in [2.45, 2.75) is 79.1 Å². The number of rotatable bonds is 14. The molecule has 0 N–H and O–H groups in total. The number of methoxy groups -OCH3 is 1. The maximum Gasteiger partial charge on any atom is 0.509 e. The highest BCUT2D eigenvalue weighted by Gasteiger charge is 2.26. The fourth-order valence-corrected chi connectivity index (χ4v) is 3.38. The van der Waals surface area contributed by atoms with Gasteiger partial charge in [0.05, 0.1) is 33.3 Å². The van der Waals surface area contributed by atoms with E-state index in [-0.39, 0.29) is 5.88 Å². The molecule has 7 heteroatoms. The number of ether oxygens (including phenoxy) is 1. The zero-order valence-corrected chi connectivity index (χ0v) is 19.2. The van der Waals surface area contributed by atoms with Crippen molar-refractivity contribution in [3.8, 4) is 5.88 Å². The van der Waals surface area contributed by atoms with Crippen LogP contribution in [0.1, 0.15) is 79.1 Å². The van der Waals surface area contributed by atoms with Crippen LogP contribution in [-0.2, 0) is 0 Å². The molecule has 1 aromatic heterocycles. The maximum absolute atomic E-state index is 12.1. The molecule has 3 nitrogen and oxygen atoms in total. The van der Waals surface area contributed by atoms with Crippen molar-refractivity contribution < 1.29 is 22.2 Å². The Labute approximate surface area is 176 Å². The van der Waals surface area contributed by atoms with Gasteiger partial charge in [-0.3, -0.25) is 0 Å². The van der Waals surface area contributed by atoms with Crippen LogP contribution in [0.15, 0.2) is 18.3 Å². The number of halogens is 3. The molecule has 1 heterocycles. The van der Waals surface area contributed by atoms with E-state index >= 15 is 0 Å². The van der Waals surface area contributed by atoms with E-state index in [1.54, 1.807) is 0 Å². The smallest absolute Gasteiger partial charge is 0.481 e. The highest BCUT2D eigenvalue weighted by Crippen LogP contribution is 2.16. The Kier molecular flexibility index (Phi) is 14.9. The molecule has 0 radical (unpaired) electrons. The van der Waals surface area contributed by atoms with Crippen LogP contribution in [0.2, 0.25) is 0 Å². The number of hydrogen-bond donors (Lipinski definition) is 0. The molecular formula is C22H42BF3N2O. The van der Waals surface area contributed by atoms with Gasteiger partial charge in [-0.1, -0.05) is 59.4 Å². The Hall–Kier alpha value is -1.24. The molecule has 0 spiro atoms. The fourth-order valence-electron chi connectivity index (χ4n) is 3.38. The van der Waals surface area contributed by atoms with Gasteiger partial charge in [-0.05, 0) is 31.7 Å². The molecule has 0 saturated heterocycles. The molecule has 1 rings (SSSR count). The van der Waals surface area contributed by atoms with Gasteiger partial charge >= 0.3 is 6.98 Å². The van der Waals surface area contributed by atoms with Crippen molar-refractivity contribution >= 4 is 12.4 Å². The second-order valence-electron chi connectivity index (χ2n) is 7.86. The van der Waals surface area contributed by atoms with Gasteiger partial charge in [-0.15, -0.1) is 5.46 Å². The van der Waals surface area contributed by atoms with Crippen molar-refractivity contribution in [3.05, 3.63) is 18.3 Å². The lowest BCUT2D eigenvalue weighted by molar-refractivity contribution is -0.929. The van der Waals surface area contributed by atoms with Gasteiger partial charge in [0, 0.05) is 6.20 Å². The topological polar surface area (TPSA) is 22.1 Å². The van der Waals surface area contributed by atoms with E-state index in [2.05, 4.69) is 37.4 Å². The SMILES string of the molecule is CCCC[N+](CCCC)(CCCC)CCCC.COc1cc([B-](F)(F)F)ccn1. The highest BCUT2D eigenvalue weighted by atomic mass is 19.4. The van der Waals surface area contributed by atoms with Crippen molar-refractivity contribution in [1.82, 2.24) is 4.98 Å². The summed E-state index contributed by atoms with van der Waals surface area (Å²) in [5.74, 6) is -0.0216. The van der Waals surface area contributed by atoms with Crippen LogP contribution in [0.5, 0.6) is 5.88 Å². The first-order valence-electron chi connectivity index (χ1n) is 11.3. The largest absolute Gasteiger partial charge is 0.509 e. The van der Waals surface area contributed by atoms with E-state index in [0.717, 1.165) is 18.3 Å². The molecule has 0 unspecified atom stereocenters. The van der Waals surface area contributed by atoms with Crippen LogP contribution in [-0.4, -0.2) is 49.7 Å². The van der Waals surface area contributed by atoms with E-state index in [1.807, 2.05) is 0 Å². The van der Waals surface area contributed by atoms with Gasteiger partial charge in [-0.25, -0.2) is 4.98 Å². The van der Waals surface area contributed by atoms with Crippen molar-refractivity contribution in [2.75, 3.05) is 33.3 Å². The Morgan fingerprint density at radius 3 is 1.55 bits per heavy atom. The molecule has 170 valence electrons. The Morgan fingerprint density at radius 2 is 1.24 bits per heavy atom. The van der Waals surface area contributed by atoms with E-state index in [1.165, 1.54) is 89.1 Å². The summed E-state index contributed by atoms with van der Waals surface area (Å²) in [7, 11) is 1.27. The predicted octanol–water partition coefficient (Wildman–Crippen LogP) is 6.15. The highest BCUT2D eigenvalue weighted by molar-refractivity contribution is 6.73. The Morgan fingerprint density at radius 1 is 0.828 bits per heavy atom. The average Bonchev–Trinajstić information content (AvgIpc) is 2.72. The number of aromatic nitrogens is 1. The van der Waals surface area contributed by atoms with E-state index in [4.69, 9.17) is 0 Å². The summed E-state index contributed by atoms with van der Waals surface area (Å²) in [5.41, 5.74) is -0.693. The minimum absolute atomic E-state index is 0.0216. The molecule has 0 aliphatic heterocycles. The summed E-state index contributed by atoms with van der Waals surface area (Å²) >= 11 is 0. The van der Waals surface area contributed by atoms with E-state index < -0.39 is 12.4 Å². The number of nitrogens with zero attached hydrogens (tertiary/aromatic N) is 2. The molecule has 0 saturated carbocycles. The third kappa shape index (κ3) is 12.1. The van der Waals surface area contributed by atoms with Crippen LogP contribution in [0.3, 0.4) is 0 Å². The molecular weight excluding hydrogens is 376 g/mol. The molecule has 0 amide bonds. The molecule has 29 heavy (non-hydrogen) atoms. The summed E-state index contributed by atoms with van der Waals surface area (Å²) in [6.07, 6.45) is 12.1. The zero-order valence-electron chi connectivity index (χ0n) is 19.2. The molecule has 0 fully saturated rings. The average molecular weight is 418 g/mol. The number of quaternary nitrogens is 1. The maximum atomic E-state index is 12.1. The van der Waals surface area contributed by atoms with Gasteiger partial charge in [-0.2, -0.15) is 0 Å². The van der Waals surface area contributed by atoms with Crippen molar-refractivity contribution in [2.24, 2.45) is 0 Å². The molecule has 0 bridgehead atoms. The van der Waals surface area contributed by atoms with Crippen LogP contribution in [0.4, 0.5) is 12.9 Å². The van der Waals surface area contributed by atoms with Gasteiger partial charge in [0.1, 0.15) is 0 Å². The summed E-state index contributed by atoms with van der Waals surface area (Å²) in [4.78, 5) is 3.56. The second kappa shape index (κ2) is 15.6. The number of unbranched alkanes of at least 4 members (excludes halogenated alkanes) is 4. The van der Waals surface area contributed by atoms with E-state index in [0.29, 0.717) is 0 Å². The summed E-state index contributed by atoms with van der Waals surface area (Å²) in [6, 6.07) is 1.79. The van der Waals surface area contributed by atoms with Gasteiger partial charge in [0.15, 0.2) is 0 Å². The molecule has 0 atom stereocenters. The third-order valence-electron chi connectivity index (χ3n) is 5.29. The number of hydrogen-bond acceptors (Lipinski definition) is 2. The summed E-state index contributed by atoms with van der Waals surface area (Å²) in [5, 5.41) is 0. The monoisotopic (exact) mass is 418 g/mol. The first-order valence-corrected chi connectivity index (χ1v) is 11.3. The minimum Gasteiger partial charge on any atom is -0.481 e. The van der Waals surface area contributed by atoms with Crippen molar-refractivity contribution in [1.29, 1.82) is 0 Å². The van der Waals surface area contributed by atoms with Gasteiger partial charge in [0.2, 0.25) is 5.88 Å². The molecule has 1 aromatic rings. The summed E-state index contributed by atoms with van der Waals surface area (Å²) in [6.45, 7) is 10.1. The lowest BCUT2D eigenvalue weighted by Crippen LogP contribution is -2.50. The standard InChI is InChI=1S/C16H36N.C6H6BF3NO/c1-5-9-13-17(14-10-6-2,15-11-7-3)16-12-8-4;1-12-6-4-5(2-3-11-6)7(8,9)10/h5-16H2,1-4H3;2-4H,1H3/q+1;-1. The fraction of sp³-hybridized carbons (Fsp3) is 0.773. The van der Waals surface area contributed by atoms with Gasteiger partial charge in [0.25, 0.3) is 0 Å². The van der Waals surface area contributed by atoms with E-state index in [9.17, 15) is 12.9 Å². The normalized spacial score (nSPS) is 11.7. The summed E-state index contributed by atoms with van der Waals surface area (Å²) < 4.78 is 42.2. The predicted molar refractivity (Wildman–Crippen MR) is 119 cm³/mol. The first-order chi connectivity index (χ1) is 13.8. The van der Waals surface area contributed by atoms with Gasteiger partial charge < -0.3 is 22.2 Å². The first kappa shape index (κ1) is 27.8. The molecule has 0 aromatic carbocycles. The number of pyridine rings is 1. The zero-order chi connectivity index (χ0) is 22.2. The van der Waals surface area contributed by atoms with Crippen LogP contribution < -0.4 is 10.2 Å².